The first-order chi connectivity index (χ1) is 10.1. The molecule has 22 heavy (non-hydrogen) atoms. The van der Waals surface area contributed by atoms with Gasteiger partial charge in [0.2, 0.25) is 0 Å². The van der Waals surface area contributed by atoms with Gasteiger partial charge in [-0.25, -0.2) is 0 Å². The largest absolute Gasteiger partial charge is 0.488 e. The van der Waals surface area contributed by atoms with E-state index in [1.54, 1.807) is 0 Å². The van der Waals surface area contributed by atoms with Crippen LogP contribution in [0, 0.1) is 0 Å². The summed E-state index contributed by atoms with van der Waals surface area (Å²) in [5.41, 5.74) is 0.808. The zero-order chi connectivity index (χ0) is 16.8. The molecule has 126 valence electrons. The van der Waals surface area contributed by atoms with Gasteiger partial charge in [0.1, 0.15) is 37.8 Å². The third-order valence-corrected chi connectivity index (χ3v) is 3.18. The molecule has 0 amide bonds. The summed E-state index contributed by atoms with van der Waals surface area (Å²) in [7, 11) is 12.8. The SMILES string of the molecule is C[N+](C)(C)CCOc1cc(CO)cc(OCC[N+](C)(C)C)c1. The minimum Gasteiger partial charge on any atom is -0.488 e. The van der Waals surface area contributed by atoms with Crippen LogP contribution in [0.4, 0.5) is 0 Å². The zero-order valence-electron chi connectivity index (χ0n) is 14.9. The van der Waals surface area contributed by atoms with E-state index < -0.39 is 0 Å². The Morgan fingerprint density at radius 2 is 1.18 bits per heavy atom. The molecule has 1 N–H and O–H groups in total. The van der Waals surface area contributed by atoms with Crippen LogP contribution in [0.3, 0.4) is 0 Å². The first kappa shape index (κ1) is 18.7. The van der Waals surface area contributed by atoms with Gasteiger partial charge in [0.15, 0.2) is 0 Å². The van der Waals surface area contributed by atoms with E-state index in [1.165, 1.54) is 0 Å². The molecule has 5 nitrogen and oxygen atoms in total. The lowest BCUT2D eigenvalue weighted by atomic mass is 10.2. The molecule has 0 unspecified atom stereocenters. The molecular formula is C17H32N2O3+2. The number of aliphatic hydroxyl groups excluding tert-OH is 1. The first-order valence-electron chi connectivity index (χ1n) is 7.70. The van der Waals surface area contributed by atoms with Gasteiger partial charge in [-0.2, -0.15) is 0 Å². The van der Waals surface area contributed by atoms with E-state index in [-0.39, 0.29) is 6.61 Å². The molecule has 0 saturated heterocycles. The number of aliphatic hydroxyl groups is 1. The van der Waals surface area contributed by atoms with Gasteiger partial charge in [-0.05, 0) is 17.7 Å². The maximum Gasteiger partial charge on any atom is 0.137 e. The van der Waals surface area contributed by atoms with E-state index in [2.05, 4.69) is 42.3 Å². The summed E-state index contributed by atoms with van der Waals surface area (Å²) in [6.45, 7) is 3.09. The number of quaternary nitrogens is 2. The number of ether oxygens (including phenoxy) is 2. The van der Waals surface area contributed by atoms with E-state index in [0.717, 1.165) is 39.1 Å². The second-order valence-corrected chi connectivity index (χ2v) is 7.70. The van der Waals surface area contributed by atoms with Crippen LogP contribution in [0.1, 0.15) is 5.56 Å². The standard InChI is InChI=1S/C17H32N2O3/c1-18(2,3)7-9-21-16-11-15(14-20)12-17(13-16)22-10-8-19(4,5)6/h11-13,20H,7-10,14H2,1-6H3/q+2. The third kappa shape index (κ3) is 8.22. The van der Waals surface area contributed by atoms with Crippen LogP contribution in [0.2, 0.25) is 0 Å². The van der Waals surface area contributed by atoms with Crippen molar-refractivity contribution in [2.45, 2.75) is 6.61 Å². The van der Waals surface area contributed by atoms with Gasteiger partial charge >= 0.3 is 0 Å². The molecule has 1 aromatic rings. The van der Waals surface area contributed by atoms with Crippen molar-refractivity contribution >= 4 is 0 Å². The quantitative estimate of drug-likeness (QED) is 0.700. The normalized spacial score (nSPS) is 12.3. The fraction of sp³-hybridized carbons (Fsp3) is 0.647. The zero-order valence-corrected chi connectivity index (χ0v) is 14.9. The molecular weight excluding hydrogens is 280 g/mol. The molecule has 5 heteroatoms. The van der Waals surface area contributed by atoms with E-state index in [0.29, 0.717) is 13.2 Å². The van der Waals surface area contributed by atoms with Gasteiger partial charge < -0.3 is 23.5 Å². The van der Waals surface area contributed by atoms with Crippen LogP contribution < -0.4 is 9.47 Å². The van der Waals surface area contributed by atoms with Gasteiger partial charge in [-0.3, -0.25) is 0 Å². The highest BCUT2D eigenvalue weighted by molar-refractivity contribution is 5.38. The average Bonchev–Trinajstić information content (AvgIpc) is 2.35. The number of hydrogen-bond acceptors (Lipinski definition) is 3. The summed E-state index contributed by atoms with van der Waals surface area (Å²) in [6, 6.07) is 5.62. The fourth-order valence-corrected chi connectivity index (χ4v) is 1.76. The summed E-state index contributed by atoms with van der Waals surface area (Å²) in [4.78, 5) is 0. The van der Waals surface area contributed by atoms with Crippen LogP contribution in [-0.4, -0.2) is 82.7 Å². The van der Waals surface area contributed by atoms with Crippen molar-refractivity contribution in [2.24, 2.45) is 0 Å². The molecule has 0 aliphatic heterocycles. The smallest absolute Gasteiger partial charge is 0.137 e. The highest BCUT2D eigenvalue weighted by Crippen LogP contribution is 2.23. The monoisotopic (exact) mass is 312 g/mol. The van der Waals surface area contributed by atoms with Crippen LogP contribution in [0.5, 0.6) is 11.5 Å². The Bertz CT molecular complexity index is 424. The second-order valence-electron chi connectivity index (χ2n) is 7.70. The molecule has 0 radical (unpaired) electrons. The molecule has 1 aromatic carbocycles. The summed E-state index contributed by atoms with van der Waals surface area (Å²) in [6.07, 6.45) is 0. The van der Waals surface area contributed by atoms with Gasteiger partial charge in [-0.15, -0.1) is 0 Å². The number of hydrogen-bond donors (Lipinski definition) is 1. The Morgan fingerprint density at radius 3 is 1.50 bits per heavy atom. The topological polar surface area (TPSA) is 38.7 Å². The van der Waals surface area contributed by atoms with E-state index >= 15 is 0 Å². The van der Waals surface area contributed by atoms with Crippen molar-refractivity contribution in [1.82, 2.24) is 0 Å². The molecule has 0 spiro atoms. The second kappa shape index (κ2) is 7.81. The van der Waals surface area contributed by atoms with E-state index in [9.17, 15) is 5.11 Å². The van der Waals surface area contributed by atoms with E-state index in [1.807, 2.05) is 18.2 Å². The molecule has 0 bridgehead atoms. The Balaban J connectivity index is 2.64. The minimum absolute atomic E-state index is 0.0156. The number of benzene rings is 1. The Kier molecular flexibility index (Phi) is 6.66. The molecule has 1 rings (SSSR count). The maximum absolute atomic E-state index is 9.38. The average molecular weight is 312 g/mol. The molecule has 0 aliphatic carbocycles. The van der Waals surface area contributed by atoms with Gasteiger partial charge in [0.25, 0.3) is 0 Å². The number of likely N-dealkylation sites (N-methyl/N-ethyl adjacent to an activating group) is 2. The summed E-state index contributed by atoms with van der Waals surface area (Å²) in [5, 5.41) is 9.38. The Morgan fingerprint density at radius 1 is 0.773 bits per heavy atom. The molecule has 0 atom stereocenters. The molecule has 0 aliphatic rings. The molecule has 0 saturated carbocycles. The summed E-state index contributed by atoms with van der Waals surface area (Å²) in [5.74, 6) is 1.50. The van der Waals surface area contributed by atoms with Crippen molar-refractivity contribution in [1.29, 1.82) is 0 Å². The van der Waals surface area contributed by atoms with Crippen molar-refractivity contribution in [3.8, 4) is 11.5 Å². The van der Waals surface area contributed by atoms with Crippen molar-refractivity contribution in [3.05, 3.63) is 23.8 Å². The highest BCUT2D eigenvalue weighted by Gasteiger charge is 2.10. The molecule has 0 fully saturated rings. The highest BCUT2D eigenvalue weighted by atomic mass is 16.5. The van der Waals surface area contributed by atoms with Gasteiger partial charge in [0, 0.05) is 6.07 Å². The van der Waals surface area contributed by atoms with Crippen LogP contribution >= 0.6 is 0 Å². The predicted octanol–water partition coefficient (Wildman–Crippen LogP) is 1.35. The van der Waals surface area contributed by atoms with Crippen LogP contribution in [-0.2, 0) is 6.61 Å². The van der Waals surface area contributed by atoms with Gasteiger partial charge in [0.05, 0.1) is 48.9 Å². The predicted molar refractivity (Wildman–Crippen MR) is 89.2 cm³/mol. The number of nitrogens with zero attached hydrogens (tertiary/aromatic N) is 2. The third-order valence-electron chi connectivity index (χ3n) is 3.18. The first-order valence-corrected chi connectivity index (χ1v) is 7.70. The van der Waals surface area contributed by atoms with Gasteiger partial charge in [-0.1, -0.05) is 0 Å². The minimum atomic E-state index is -0.0156. The summed E-state index contributed by atoms with van der Waals surface area (Å²) < 4.78 is 13.3. The lowest BCUT2D eigenvalue weighted by molar-refractivity contribution is -0.870. The molecule has 0 aromatic heterocycles. The lowest BCUT2D eigenvalue weighted by Crippen LogP contribution is -2.38. The van der Waals surface area contributed by atoms with E-state index in [4.69, 9.17) is 9.47 Å². The lowest BCUT2D eigenvalue weighted by Gasteiger charge is -2.24. The van der Waals surface area contributed by atoms with Crippen LogP contribution in [0.15, 0.2) is 18.2 Å². The Hall–Kier alpha value is -1.30. The van der Waals surface area contributed by atoms with Crippen LogP contribution in [0.25, 0.3) is 0 Å². The fourth-order valence-electron chi connectivity index (χ4n) is 1.76. The van der Waals surface area contributed by atoms with Crippen molar-refractivity contribution in [2.75, 3.05) is 68.6 Å². The molecule has 0 heterocycles. The Labute approximate surface area is 134 Å². The van der Waals surface area contributed by atoms with Crippen molar-refractivity contribution in [3.63, 3.8) is 0 Å². The maximum atomic E-state index is 9.38. The van der Waals surface area contributed by atoms with Crippen molar-refractivity contribution < 1.29 is 23.5 Å². The number of rotatable bonds is 9. The summed E-state index contributed by atoms with van der Waals surface area (Å²) >= 11 is 0.